The molecule has 0 radical (unpaired) electrons. The van der Waals surface area contributed by atoms with Crippen LogP contribution in [0.2, 0.25) is 0 Å². The zero-order valence-corrected chi connectivity index (χ0v) is 17.5. The van der Waals surface area contributed by atoms with Gasteiger partial charge in [-0.1, -0.05) is 43.2 Å². The van der Waals surface area contributed by atoms with E-state index in [1.807, 2.05) is 47.4 Å². The summed E-state index contributed by atoms with van der Waals surface area (Å²) < 4.78 is 0. The Morgan fingerprint density at radius 1 is 1.07 bits per heavy atom. The van der Waals surface area contributed by atoms with Gasteiger partial charge in [0.2, 0.25) is 5.91 Å². The fourth-order valence-corrected chi connectivity index (χ4v) is 4.89. The number of benzene rings is 2. The fraction of sp³-hybridized carbons (Fsp3) is 0.478. The maximum atomic E-state index is 13.5. The van der Waals surface area contributed by atoms with Gasteiger partial charge in [-0.05, 0) is 61.1 Å². The molecule has 1 aliphatic carbocycles. The van der Waals surface area contributed by atoms with Crippen molar-refractivity contribution in [3.05, 3.63) is 48.0 Å². The highest BCUT2D eigenvalue weighted by atomic mass is 35.5. The molecule has 2 fully saturated rings. The first-order valence-corrected chi connectivity index (χ1v) is 10.5. The molecular formula is C23H30ClN3O2. The van der Waals surface area contributed by atoms with Crippen molar-refractivity contribution < 1.29 is 9.59 Å². The van der Waals surface area contributed by atoms with E-state index < -0.39 is 0 Å². The summed E-state index contributed by atoms with van der Waals surface area (Å²) in [5.74, 6) is 0.388. The molecule has 29 heavy (non-hydrogen) atoms. The molecule has 0 spiro atoms. The second-order valence-electron chi connectivity index (χ2n) is 8.07. The van der Waals surface area contributed by atoms with Crippen LogP contribution in [0.4, 0.5) is 0 Å². The number of rotatable bonds is 5. The SMILES string of the molecule is Cl.NCCCNC(=O)C1CC2CCCCC2N1C(=O)c1ccc2ccccc2c1. The van der Waals surface area contributed by atoms with Gasteiger partial charge in [-0.25, -0.2) is 0 Å². The van der Waals surface area contributed by atoms with Gasteiger partial charge in [0.05, 0.1) is 0 Å². The number of halogens is 1. The van der Waals surface area contributed by atoms with Crippen molar-refractivity contribution in [3.8, 4) is 0 Å². The number of hydrogen-bond donors (Lipinski definition) is 2. The molecule has 1 saturated carbocycles. The largest absolute Gasteiger partial charge is 0.354 e. The zero-order valence-electron chi connectivity index (χ0n) is 16.7. The summed E-state index contributed by atoms with van der Waals surface area (Å²) in [4.78, 5) is 28.3. The van der Waals surface area contributed by atoms with Gasteiger partial charge in [-0.15, -0.1) is 12.4 Å². The summed E-state index contributed by atoms with van der Waals surface area (Å²) in [5, 5.41) is 5.16. The molecule has 2 aromatic carbocycles. The first-order valence-electron chi connectivity index (χ1n) is 10.5. The Morgan fingerprint density at radius 3 is 2.62 bits per heavy atom. The van der Waals surface area contributed by atoms with Crippen molar-refractivity contribution in [1.82, 2.24) is 10.2 Å². The van der Waals surface area contributed by atoms with Gasteiger partial charge in [0.15, 0.2) is 0 Å². The molecule has 2 amide bonds. The van der Waals surface area contributed by atoms with E-state index in [1.54, 1.807) is 0 Å². The van der Waals surface area contributed by atoms with E-state index in [4.69, 9.17) is 5.73 Å². The van der Waals surface area contributed by atoms with Crippen LogP contribution in [0, 0.1) is 5.92 Å². The standard InChI is InChI=1S/C23H29N3O2.ClH/c24-12-5-13-25-22(27)21-15-18-8-3-4-9-20(18)26(21)23(28)19-11-10-16-6-1-2-7-17(16)14-19;/h1-2,6-7,10-11,14,18,20-21H,3-5,8-9,12-13,15,24H2,(H,25,27);1H. The molecule has 1 aliphatic heterocycles. The molecule has 1 heterocycles. The number of carbonyl (C=O) groups excluding carboxylic acids is 2. The molecular weight excluding hydrogens is 386 g/mol. The van der Waals surface area contributed by atoms with Crippen LogP contribution in [0.3, 0.4) is 0 Å². The van der Waals surface area contributed by atoms with Gasteiger partial charge < -0.3 is 16.0 Å². The van der Waals surface area contributed by atoms with E-state index in [0.29, 0.717) is 24.6 Å². The minimum absolute atomic E-state index is 0. The highest BCUT2D eigenvalue weighted by Crippen LogP contribution is 2.40. The lowest BCUT2D eigenvalue weighted by atomic mass is 9.84. The summed E-state index contributed by atoms with van der Waals surface area (Å²) in [7, 11) is 0. The predicted octanol–water partition coefficient (Wildman–Crippen LogP) is 3.50. The zero-order chi connectivity index (χ0) is 19.5. The third kappa shape index (κ3) is 4.41. The van der Waals surface area contributed by atoms with Crippen molar-refractivity contribution in [2.75, 3.05) is 13.1 Å². The van der Waals surface area contributed by atoms with Crippen LogP contribution in [0.1, 0.15) is 48.9 Å². The van der Waals surface area contributed by atoms with Crippen LogP contribution in [0.25, 0.3) is 10.8 Å². The Hall–Kier alpha value is -2.11. The van der Waals surface area contributed by atoms with E-state index in [1.165, 1.54) is 6.42 Å². The van der Waals surface area contributed by atoms with Crippen LogP contribution in [0.5, 0.6) is 0 Å². The molecule has 2 aromatic rings. The fourth-order valence-electron chi connectivity index (χ4n) is 4.89. The summed E-state index contributed by atoms with van der Waals surface area (Å²) in [6.07, 6.45) is 5.96. The molecule has 156 valence electrons. The van der Waals surface area contributed by atoms with Crippen molar-refractivity contribution >= 4 is 35.0 Å². The molecule has 1 saturated heterocycles. The first-order chi connectivity index (χ1) is 13.7. The summed E-state index contributed by atoms with van der Waals surface area (Å²) in [5.41, 5.74) is 6.22. The molecule has 3 unspecified atom stereocenters. The van der Waals surface area contributed by atoms with Gasteiger partial charge >= 0.3 is 0 Å². The summed E-state index contributed by atoms with van der Waals surface area (Å²) in [6, 6.07) is 13.7. The number of likely N-dealkylation sites (tertiary alicyclic amines) is 1. The van der Waals surface area contributed by atoms with Crippen LogP contribution < -0.4 is 11.1 Å². The molecule has 5 nitrogen and oxygen atoms in total. The molecule has 3 N–H and O–H groups in total. The number of nitrogens with two attached hydrogens (primary N) is 1. The van der Waals surface area contributed by atoms with Crippen LogP contribution in [-0.2, 0) is 4.79 Å². The lowest BCUT2D eigenvalue weighted by molar-refractivity contribution is -0.125. The number of amides is 2. The predicted molar refractivity (Wildman–Crippen MR) is 118 cm³/mol. The van der Waals surface area contributed by atoms with Crippen LogP contribution in [0.15, 0.2) is 42.5 Å². The molecule has 6 heteroatoms. The number of fused-ring (bicyclic) bond motifs is 2. The van der Waals surface area contributed by atoms with Crippen molar-refractivity contribution in [2.24, 2.45) is 11.7 Å². The molecule has 4 rings (SSSR count). The van der Waals surface area contributed by atoms with Gasteiger partial charge in [-0.2, -0.15) is 0 Å². The monoisotopic (exact) mass is 415 g/mol. The Morgan fingerprint density at radius 2 is 1.83 bits per heavy atom. The van der Waals surface area contributed by atoms with Crippen LogP contribution >= 0.6 is 12.4 Å². The quantitative estimate of drug-likeness (QED) is 0.734. The number of carbonyl (C=O) groups is 2. The maximum absolute atomic E-state index is 13.5. The second kappa shape index (κ2) is 9.59. The highest BCUT2D eigenvalue weighted by molar-refractivity contribution is 6.01. The smallest absolute Gasteiger partial charge is 0.254 e. The number of hydrogen-bond acceptors (Lipinski definition) is 3. The summed E-state index contributed by atoms with van der Waals surface area (Å²) in [6.45, 7) is 1.12. The van der Waals surface area contributed by atoms with Gasteiger partial charge in [-0.3, -0.25) is 9.59 Å². The van der Waals surface area contributed by atoms with Gasteiger partial charge in [0.1, 0.15) is 6.04 Å². The lowest BCUT2D eigenvalue weighted by Gasteiger charge is -2.33. The Bertz CT molecular complexity index is 872. The maximum Gasteiger partial charge on any atom is 0.254 e. The first kappa shape index (κ1) is 21.6. The van der Waals surface area contributed by atoms with E-state index in [2.05, 4.69) is 5.32 Å². The van der Waals surface area contributed by atoms with E-state index in [0.717, 1.165) is 42.9 Å². The minimum atomic E-state index is -0.371. The van der Waals surface area contributed by atoms with Crippen molar-refractivity contribution in [1.29, 1.82) is 0 Å². The lowest BCUT2D eigenvalue weighted by Crippen LogP contribution is -2.49. The average Bonchev–Trinajstić information content (AvgIpc) is 3.12. The van der Waals surface area contributed by atoms with E-state index >= 15 is 0 Å². The van der Waals surface area contributed by atoms with Crippen molar-refractivity contribution in [2.45, 2.75) is 50.6 Å². The van der Waals surface area contributed by atoms with E-state index in [-0.39, 0.29) is 36.3 Å². The third-order valence-electron chi connectivity index (χ3n) is 6.30. The average molecular weight is 416 g/mol. The normalized spacial score (nSPS) is 23.3. The third-order valence-corrected chi connectivity index (χ3v) is 6.30. The highest BCUT2D eigenvalue weighted by Gasteiger charge is 2.47. The number of nitrogens with zero attached hydrogens (tertiary/aromatic N) is 1. The minimum Gasteiger partial charge on any atom is -0.354 e. The Balaban J connectivity index is 0.00000240. The topological polar surface area (TPSA) is 75.4 Å². The summed E-state index contributed by atoms with van der Waals surface area (Å²) >= 11 is 0. The Kier molecular flexibility index (Phi) is 7.14. The van der Waals surface area contributed by atoms with Gasteiger partial charge in [0, 0.05) is 18.2 Å². The molecule has 3 atom stereocenters. The number of nitrogens with one attached hydrogen (secondary N) is 1. The second-order valence-corrected chi connectivity index (χ2v) is 8.07. The molecule has 0 bridgehead atoms. The molecule has 0 aromatic heterocycles. The van der Waals surface area contributed by atoms with Crippen molar-refractivity contribution in [3.63, 3.8) is 0 Å². The van der Waals surface area contributed by atoms with E-state index in [9.17, 15) is 9.59 Å². The Labute approximate surface area is 178 Å². The molecule has 2 aliphatic rings. The van der Waals surface area contributed by atoms with Gasteiger partial charge in [0.25, 0.3) is 5.91 Å². The van der Waals surface area contributed by atoms with Crippen LogP contribution in [-0.4, -0.2) is 41.9 Å².